The van der Waals surface area contributed by atoms with E-state index in [-0.39, 0.29) is 5.97 Å². The molecule has 0 amide bonds. The zero-order chi connectivity index (χ0) is 18.2. The summed E-state index contributed by atoms with van der Waals surface area (Å²) in [4.78, 5) is 13.4. The molecule has 2 heterocycles. The molecule has 0 spiro atoms. The summed E-state index contributed by atoms with van der Waals surface area (Å²) in [6.07, 6.45) is 5.79. The third-order valence-electron chi connectivity index (χ3n) is 3.93. The lowest BCUT2D eigenvalue weighted by molar-refractivity contribution is 0.0497. The van der Waals surface area contributed by atoms with Gasteiger partial charge in [0, 0.05) is 4.91 Å². The van der Waals surface area contributed by atoms with Crippen molar-refractivity contribution in [1.82, 2.24) is 0 Å². The van der Waals surface area contributed by atoms with Crippen LogP contribution in [0.1, 0.15) is 54.9 Å². The molecule has 0 atom stereocenters. The van der Waals surface area contributed by atoms with E-state index < -0.39 is 0 Å². The largest absolute Gasteiger partial charge is 0.462 e. The van der Waals surface area contributed by atoms with E-state index in [1.54, 1.807) is 47.0 Å². The van der Waals surface area contributed by atoms with Crippen LogP contribution in [0.3, 0.4) is 0 Å². The summed E-state index contributed by atoms with van der Waals surface area (Å²) in [5, 5.41) is 6.43. The van der Waals surface area contributed by atoms with Crippen molar-refractivity contribution >= 4 is 57.9 Å². The van der Waals surface area contributed by atoms with Crippen LogP contribution in [0.5, 0.6) is 0 Å². The first-order chi connectivity index (χ1) is 12.8. The summed E-state index contributed by atoms with van der Waals surface area (Å²) in [6, 6.07) is 7.76. The molecule has 1 aromatic rings. The fraction of sp³-hybridized carbons (Fsp3) is 0.350. The van der Waals surface area contributed by atoms with E-state index in [1.807, 2.05) is 24.3 Å². The van der Waals surface area contributed by atoms with Gasteiger partial charge in [-0.15, -0.1) is 0 Å². The number of carbonyl (C=O) groups is 1. The molecular weight excluding hydrogens is 400 g/mol. The number of ether oxygens (including phenoxy) is 1. The normalized spacial score (nSPS) is 16.3. The predicted octanol–water partition coefficient (Wildman–Crippen LogP) is 7.67. The zero-order valence-corrected chi connectivity index (χ0v) is 18.0. The SMILES string of the molecule is CCCCCCCOC(=O)c1ccc(C2=CSC(=C3SC=CS3)S2)cc1. The fourth-order valence-electron chi connectivity index (χ4n) is 2.50. The van der Waals surface area contributed by atoms with Crippen LogP contribution in [0.4, 0.5) is 0 Å². The van der Waals surface area contributed by atoms with Gasteiger partial charge in [-0.3, -0.25) is 0 Å². The van der Waals surface area contributed by atoms with Gasteiger partial charge in [0.2, 0.25) is 0 Å². The van der Waals surface area contributed by atoms with Crippen molar-refractivity contribution in [3.05, 3.63) is 60.1 Å². The average Bonchev–Trinajstić information content (AvgIpc) is 3.36. The Hall–Kier alpha value is -0.690. The molecule has 2 aliphatic rings. The Balaban J connectivity index is 1.48. The standard InChI is InChI=1S/C20H22O2S4/c1-2-3-4-5-6-11-22-18(21)16-9-7-15(8-10-16)17-14-25-20(26-17)19-23-12-13-24-19/h7-10,12-14H,2-6,11H2,1H3. The minimum Gasteiger partial charge on any atom is -0.462 e. The molecule has 0 aromatic heterocycles. The first-order valence-corrected chi connectivity index (χ1v) is 12.3. The van der Waals surface area contributed by atoms with Crippen LogP contribution in [0, 0.1) is 0 Å². The molecule has 0 fully saturated rings. The highest BCUT2D eigenvalue weighted by Crippen LogP contribution is 2.55. The van der Waals surface area contributed by atoms with Gasteiger partial charge in [0.05, 0.1) is 20.6 Å². The number of hydrogen-bond acceptors (Lipinski definition) is 6. The number of esters is 1. The molecule has 2 nitrogen and oxygen atoms in total. The van der Waals surface area contributed by atoms with Crippen molar-refractivity contribution in [3.63, 3.8) is 0 Å². The molecular formula is C20H22O2S4. The molecule has 0 saturated carbocycles. The second kappa shape index (κ2) is 10.6. The Labute approximate surface area is 172 Å². The summed E-state index contributed by atoms with van der Waals surface area (Å²) < 4.78 is 8.07. The lowest BCUT2D eigenvalue weighted by Crippen LogP contribution is -2.06. The molecule has 26 heavy (non-hydrogen) atoms. The van der Waals surface area contributed by atoms with Crippen LogP contribution in [-0.4, -0.2) is 12.6 Å². The van der Waals surface area contributed by atoms with Crippen molar-refractivity contribution in [2.45, 2.75) is 39.0 Å². The molecule has 2 aliphatic heterocycles. The predicted molar refractivity (Wildman–Crippen MR) is 120 cm³/mol. The van der Waals surface area contributed by atoms with Crippen LogP contribution in [-0.2, 0) is 4.74 Å². The lowest BCUT2D eigenvalue weighted by atomic mass is 10.1. The Morgan fingerprint density at radius 3 is 2.38 bits per heavy atom. The summed E-state index contributed by atoms with van der Waals surface area (Å²) >= 11 is 7.15. The monoisotopic (exact) mass is 422 g/mol. The van der Waals surface area contributed by atoms with E-state index in [0.717, 1.165) is 18.4 Å². The topological polar surface area (TPSA) is 26.3 Å². The first-order valence-electron chi connectivity index (χ1n) is 8.83. The van der Waals surface area contributed by atoms with Gasteiger partial charge in [-0.05, 0) is 40.3 Å². The number of thioether (sulfide) groups is 4. The van der Waals surface area contributed by atoms with Crippen LogP contribution in [0.25, 0.3) is 4.91 Å². The molecule has 138 valence electrons. The number of hydrogen-bond donors (Lipinski definition) is 0. The van der Waals surface area contributed by atoms with Crippen molar-refractivity contribution in [1.29, 1.82) is 0 Å². The third-order valence-corrected chi connectivity index (χ3v) is 9.00. The molecule has 1 aromatic carbocycles. The quantitative estimate of drug-likeness (QED) is 0.315. The summed E-state index contributed by atoms with van der Waals surface area (Å²) in [7, 11) is 0. The van der Waals surface area contributed by atoms with E-state index in [9.17, 15) is 4.79 Å². The summed E-state index contributed by atoms with van der Waals surface area (Å²) in [5.41, 5.74) is 1.78. The van der Waals surface area contributed by atoms with E-state index >= 15 is 0 Å². The molecule has 3 rings (SSSR count). The molecule has 0 aliphatic carbocycles. The number of carbonyl (C=O) groups excluding carboxylic acids is 1. The second-order valence-electron chi connectivity index (χ2n) is 5.91. The van der Waals surface area contributed by atoms with E-state index in [0.29, 0.717) is 12.2 Å². The summed E-state index contributed by atoms with van der Waals surface area (Å²) in [6.45, 7) is 2.71. The van der Waals surface area contributed by atoms with Crippen molar-refractivity contribution in [2.75, 3.05) is 6.61 Å². The number of unbranched alkanes of at least 4 members (excludes halogenated alkanes) is 4. The average molecular weight is 423 g/mol. The van der Waals surface area contributed by atoms with E-state index in [4.69, 9.17) is 4.74 Å². The van der Waals surface area contributed by atoms with E-state index in [2.05, 4.69) is 23.1 Å². The Morgan fingerprint density at radius 2 is 1.65 bits per heavy atom. The number of benzene rings is 1. The maximum Gasteiger partial charge on any atom is 0.338 e. The molecule has 0 saturated heterocycles. The minimum absolute atomic E-state index is 0.220. The summed E-state index contributed by atoms with van der Waals surface area (Å²) in [5.74, 6) is -0.220. The van der Waals surface area contributed by atoms with Gasteiger partial charge in [0.15, 0.2) is 0 Å². The maximum atomic E-state index is 12.1. The van der Waals surface area contributed by atoms with Crippen LogP contribution < -0.4 is 0 Å². The van der Waals surface area contributed by atoms with Gasteiger partial charge in [-0.1, -0.05) is 91.8 Å². The maximum absolute atomic E-state index is 12.1. The van der Waals surface area contributed by atoms with Crippen molar-refractivity contribution in [3.8, 4) is 0 Å². The molecule has 0 N–H and O–H groups in total. The smallest absolute Gasteiger partial charge is 0.338 e. The highest BCUT2D eigenvalue weighted by atomic mass is 32.2. The van der Waals surface area contributed by atoms with Gasteiger partial charge in [-0.25, -0.2) is 4.79 Å². The van der Waals surface area contributed by atoms with Crippen molar-refractivity contribution < 1.29 is 9.53 Å². The molecule has 0 radical (unpaired) electrons. The lowest BCUT2D eigenvalue weighted by Gasteiger charge is -2.06. The fourth-order valence-corrected chi connectivity index (χ4v) is 6.98. The highest BCUT2D eigenvalue weighted by molar-refractivity contribution is 8.35. The van der Waals surface area contributed by atoms with Gasteiger partial charge in [0.1, 0.15) is 0 Å². The molecule has 0 bridgehead atoms. The second-order valence-corrected chi connectivity index (χ2v) is 10.2. The molecule has 6 heteroatoms. The highest BCUT2D eigenvalue weighted by Gasteiger charge is 2.20. The van der Waals surface area contributed by atoms with Gasteiger partial charge in [0.25, 0.3) is 0 Å². The van der Waals surface area contributed by atoms with Gasteiger partial charge >= 0.3 is 5.97 Å². The Kier molecular flexibility index (Phi) is 8.17. The zero-order valence-electron chi connectivity index (χ0n) is 14.7. The first kappa shape index (κ1) is 20.1. The van der Waals surface area contributed by atoms with Gasteiger partial charge < -0.3 is 4.74 Å². The number of rotatable bonds is 8. The van der Waals surface area contributed by atoms with Crippen LogP contribution in [0.2, 0.25) is 0 Å². The van der Waals surface area contributed by atoms with Crippen LogP contribution >= 0.6 is 47.0 Å². The Bertz CT molecular complexity index is 710. The van der Waals surface area contributed by atoms with Crippen molar-refractivity contribution in [2.24, 2.45) is 0 Å². The third kappa shape index (κ3) is 5.65. The minimum atomic E-state index is -0.220. The van der Waals surface area contributed by atoms with Gasteiger partial charge in [-0.2, -0.15) is 0 Å². The van der Waals surface area contributed by atoms with E-state index in [1.165, 1.54) is 32.6 Å². The molecule has 0 unspecified atom stereocenters. The Morgan fingerprint density at radius 1 is 0.923 bits per heavy atom. The van der Waals surface area contributed by atoms with Crippen LogP contribution in [0.15, 0.2) is 49.0 Å².